The summed E-state index contributed by atoms with van der Waals surface area (Å²) in [4.78, 5) is 18.7. The highest BCUT2D eigenvalue weighted by Crippen LogP contribution is 2.35. The zero-order valence-corrected chi connectivity index (χ0v) is 14.4. The minimum atomic E-state index is -3.70. The lowest BCUT2D eigenvalue weighted by atomic mass is 10.0. The number of fused-ring (bicyclic) bond motifs is 1. The minimum Gasteiger partial charge on any atom is -0.351 e. The summed E-state index contributed by atoms with van der Waals surface area (Å²) < 4.78 is 28.2. The van der Waals surface area contributed by atoms with E-state index in [0.717, 1.165) is 26.5 Å². The number of hydrogen-bond donors (Lipinski definition) is 1. The van der Waals surface area contributed by atoms with Crippen LogP contribution in [0, 0.1) is 0 Å². The average molecular weight is 339 g/mol. The molecule has 3 heterocycles. The van der Waals surface area contributed by atoms with Crippen LogP contribution in [-0.2, 0) is 26.6 Å². The van der Waals surface area contributed by atoms with E-state index in [2.05, 4.69) is 33.2 Å². The molecule has 1 aromatic rings. The second-order valence-corrected chi connectivity index (χ2v) is 8.31. The van der Waals surface area contributed by atoms with Crippen molar-refractivity contribution in [2.75, 3.05) is 18.6 Å². The molecule has 1 aromatic heterocycles. The highest BCUT2D eigenvalue weighted by Gasteiger charge is 2.35. The van der Waals surface area contributed by atoms with Crippen molar-refractivity contribution < 1.29 is 17.4 Å². The fourth-order valence-corrected chi connectivity index (χ4v) is 3.98. The Bertz CT molecular complexity index is 758. The van der Waals surface area contributed by atoms with Gasteiger partial charge >= 0.3 is 0 Å². The number of carbonyl (C=O) groups excluding carboxylic acids is 1. The van der Waals surface area contributed by atoms with Gasteiger partial charge < -0.3 is 10.2 Å². The Hall–Kier alpha value is -1.67. The largest absolute Gasteiger partial charge is 0.351 e. The number of carbonyl (C=O) groups is 1. The monoisotopic (exact) mass is 339 g/mol. The third kappa shape index (κ3) is 2.92. The summed E-state index contributed by atoms with van der Waals surface area (Å²) in [5.41, 5.74) is 1.49. The molecular weight excluding hydrogens is 318 g/mol. The SMILES string of the molecule is COS(=O)(=O)Cc1nc(N2CCCC2(C)C)cc2c1CNC2=O. The molecule has 0 aromatic carbocycles. The number of pyridine rings is 1. The molecule has 0 radical (unpaired) electrons. The molecule has 0 unspecified atom stereocenters. The topological polar surface area (TPSA) is 88.6 Å². The number of nitrogens with one attached hydrogen (secondary N) is 1. The number of aromatic nitrogens is 1. The lowest BCUT2D eigenvalue weighted by Gasteiger charge is -2.33. The molecule has 0 bridgehead atoms. The lowest BCUT2D eigenvalue weighted by Crippen LogP contribution is -2.39. The lowest BCUT2D eigenvalue weighted by molar-refractivity contribution is 0.0965. The molecular formula is C15H21N3O4S. The summed E-state index contributed by atoms with van der Waals surface area (Å²) in [7, 11) is -2.57. The molecule has 1 N–H and O–H groups in total. The molecule has 7 nitrogen and oxygen atoms in total. The second kappa shape index (κ2) is 5.45. The number of anilines is 1. The van der Waals surface area contributed by atoms with Gasteiger partial charge in [-0.2, -0.15) is 8.42 Å². The first-order valence-corrected chi connectivity index (χ1v) is 9.18. The van der Waals surface area contributed by atoms with Crippen molar-refractivity contribution in [3.63, 3.8) is 0 Å². The Morgan fingerprint density at radius 3 is 2.78 bits per heavy atom. The van der Waals surface area contributed by atoms with E-state index in [1.807, 2.05) is 0 Å². The van der Waals surface area contributed by atoms with E-state index in [-0.39, 0.29) is 17.2 Å². The van der Waals surface area contributed by atoms with Crippen LogP contribution in [0.3, 0.4) is 0 Å². The molecule has 0 atom stereocenters. The molecule has 1 fully saturated rings. The van der Waals surface area contributed by atoms with E-state index in [1.54, 1.807) is 6.07 Å². The smallest absolute Gasteiger partial charge is 0.272 e. The van der Waals surface area contributed by atoms with E-state index >= 15 is 0 Å². The second-order valence-electron chi connectivity index (χ2n) is 6.57. The van der Waals surface area contributed by atoms with Crippen LogP contribution in [0.15, 0.2) is 6.07 Å². The molecule has 2 aliphatic heterocycles. The van der Waals surface area contributed by atoms with E-state index in [0.29, 0.717) is 29.2 Å². The first-order chi connectivity index (χ1) is 10.7. The fourth-order valence-electron chi connectivity index (χ4n) is 3.29. The molecule has 126 valence electrons. The predicted octanol–water partition coefficient (Wildman–Crippen LogP) is 1.18. The quantitative estimate of drug-likeness (QED) is 0.829. The van der Waals surface area contributed by atoms with Crippen LogP contribution < -0.4 is 10.2 Å². The Morgan fingerprint density at radius 2 is 2.17 bits per heavy atom. The molecule has 23 heavy (non-hydrogen) atoms. The van der Waals surface area contributed by atoms with E-state index in [4.69, 9.17) is 0 Å². The molecule has 0 aliphatic carbocycles. The van der Waals surface area contributed by atoms with E-state index < -0.39 is 10.1 Å². The van der Waals surface area contributed by atoms with Crippen LogP contribution in [0.5, 0.6) is 0 Å². The molecule has 1 amide bonds. The van der Waals surface area contributed by atoms with E-state index in [9.17, 15) is 13.2 Å². The summed E-state index contributed by atoms with van der Waals surface area (Å²) >= 11 is 0. The normalized spacial score (nSPS) is 19.8. The Labute approximate surface area is 136 Å². The van der Waals surface area contributed by atoms with Crippen LogP contribution >= 0.6 is 0 Å². The van der Waals surface area contributed by atoms with Crippen LogP contribution in [0.4, 0.5) is 5.82 Å². The maximum atomic E-state index is 12.0. The van der Waals surface area contributed by atoms with Crippen LogP contribution in [0.1, 0.15) is 48.3 Å². The number of hydrogen-bond acceptors (Lipinski definition) is 6. The van der Waals surface area contributed by atoms with Crippen molar-refractivity contribution in [2.24, 2.45) is 0 Å². The van der Waals surface area contributed by atoms with Crippen molar-refractivity contribution in [1.82, 2.24) is 10.3 Å². The zero-order valence-electron chi connectivity index (χ0n) is 13.5. The summed E-state index contributed by atoms with van der Waals surface area (Å²) in [6, 6.07) is 1.77. The molecule has 1 saturated heterocycles. The molecule has 2 aliphatic rings. The Morgan fingerprint density at radius 1 is 1.43 bits per heavy atom. The summed E-state index contributed by atoms with van der Waals surface area (Å²) in [5, 5.41) is 2.73. The maximum Gasteiger partial charge on any atom is 0.272 e. The fraction of sp³-hybridized carbons (Fsp3) is 0.600. The minimum absolute atomic E-state index is 0.0618. The van der Waals surface area contributed by atoms with Gasteiger partial charge in [0, 0.05) is 29.8 Å². The van der Waals surface area contributed by atoms with Crippen molar-refractivity contribution >= 4 is 21.8 Å². The van der Waals surface area contributed by atoms with Gasteiger partial charge in [-0.15, -0.1) is 0 Å². The van der Waals surface area contributed by atoms with Gasteiger partial charge in [-0.3, -0.25) is 8.98 Å². The van der Waals surface area contributed by atoms with Gasteiger partial charge in [0.15, 0.2) is 0 Å². The first kappa shape index (κ1) is 16.2. The Kier molecular flexibility index (Phi) is 3.84. The third-order valence-electron chi connectivity index (χ3n) is 4.61. The van der Waals surface area contributed by atoms with Gasteiger partial charge in [-0.25, -0.2) is 4.98 Å². The van der Waals surface area contributed by atoms with Crippen molar-refractivity contribution in [3.8, 4) is 0 Å². The number of rotatable bonds is 4. The predicted molar refractivity (Wildman–Crippen MR) is 85.7 cm³/mol. The molecule has 0 saturated carbocycles. The van der Waals surface area contributed by atoms with Crippen molar-refractivity contribution in [3.05, 3.63) is 22.9 Å². The van der Waals surface area contributed by atoms with Gasteiger partial charge in [-0.05, 0) is 32.8 Å². The highest BCUT2D eigenvalue weighted by molar-refractivity contribution is 7.85. The Balaban J connectivity index is 2.09. The molecule has 3 rings (SSSR count). The van der Waals surface area contributed by atoms with Gasteiger partial charge in [-0.1, -0.05) is 0 Å². The first-order valence-electron chi connectivity index (χ1n) is 7.60. The number of nitrogens with zero attached hydrogens (tertiary/aromatic N) is 2. The van der Waals surface area contributed by atoms with Crippen LogP contribution in [-0.4, -0.2) is 38.5 Å². The summed E-state index contributed by atoms with van der Waals surface area (Å²) in [6.07, 6.45) is 2.08. The summed E-state index contributed by atoms with van der Waals surface area (Å²) in [5.74, 6) is 0.143. The van der Waals surface area contributed by atoms with Crippen molar-refractivity contribution in [1.29, 1.82) is 0 Å². The van der Waals surface area contributed by atoms with Gasteiger partial charge in [0.1, 0.15) is 11.6 Å². The van der Waals surface area contributed by atoms with Gasteiger partial charge in [0.05, 0.1) is 12.8 Å². The average Bonchev–Trinajstić information content (AvgIpc) is 3.01. The van der Waals surface area contributed by atoms with Crippen LogP contribution in [0.2, 0.25) is 0 Å². The van der Waals surface area contributed by atoms with Crippen LogP contribution in [0.25, 0.3) is 0 Å². The van der Waals surface area contributed by atoms with E-state index in [1.165, 1.54) is 0 Å². The molecule has 0 spiro atoms. The zero-order chi connectivity index (χ0) is 16.8. The van der Waals surface area contributed by atoms with Crippen molar-refractivity contribution in [2.45, 2.75) is 44.5 Å². The third-order valence-corrected chi connectivity index (χ3v) is 5.75. The molecule has 8 heteroatoms. The maximum absolute atomic E-state index is 12.0. The summed E-state index contributed by atoms with van der Waals surface area (Å²) in [6.45, 7) is 5.40. The number of amides is 1. The standard InChI is InChI=1S/C15H21N3O4S/c1-15(2)5-4-6-18(15)13-7-10-11(8-16-14(10)19)12(17-13)9-23(20,21)22-3/h7H,4-6,8-9H2,1-3H3,(H,16,19). The van der Waals surface area contributed by atoms with Gasteiger partial charge in [0.2, 0.25) is 0 Å². The van der Waals surface area contributed by atoms with Gasteiger partial charge in [0.25, 0.3) is 16.0 Å². The highest BCUT2D eigenvalue weighted by atomic mass is 32.2.